The molecule has 1 heterocycles. The topological polar surface area (TPSA) is 29.5 Å². The number of hydrogen-bond donors (Lipinski definition) is 0. The normalized spacial score (nSPS) is 15.9. The summed E-state index contributed by atoms with van der Waals surface area (Å²) in [4.78, 5) is 15.2. The Morgan fingerprint density at radius 3 is 2.41 bits per heavy atom. The second-order valence-corrected chi connectivity index (χ2v) is 7.96. The van der Waals surface area contributed by atoms with Gasteiger partial charge in [0.2, 0.25) is 5.43 Å². The summed E-state index contributed by atoms with van der Waals surface area (Å²) < 4.78 is 5.38. The highest BCUT2D eigenvalue weighted by molar-refractivity contribution is 5.33. The lowest BCUT2D eigenvalue weighted by Gasteiger charge is -2.31. The van der Waals surface area contributed by atoms with Gasteiger partial charge in [-0.05, 0) is 61.4 Å². The molecule has 1 aliphatic rings. The molecule has 2 aromatic carbocycles. The van der Waals surface area contributed by atoms with Crippen LogP contribution in [0.5, 0.6) is 5.75 Å². The van der Waals surface area contributed by atoms with Crippen molar-refractivity contribution in [1.29, 1.82) is 0 Å². The summed E-state index contributed by atoms with van der Waals surface area (Å²) in [5, 5.41) is 0. The maximum absolute atomic E-state index is 12.8. The van der Waals surface area contributed by atoms with Gasteiger partial charge in [-0.2, -0.15) is 0 Å². The molecule has 0 unspecified atom stereocenters. The van der Waals surface area contributed by atoms with Crippen LogP contribution in [0.2, 0.25) is 0 Å². The first-order chi connectivity index (χ1) is 13.1. The molecule has 0 radical (unpaired) electrons. The van der Waals surface area contributed by atoms with Gasteiger partial charge in [0.1, 0.15) is 0 Å². The lowest BCUT2D eigenvalue weighted by Crippen LogP contribution is -2.35. The highest BCUT2D eigenvalue weighted by atomic mass is 16.5. The van der Waals surface area contributed by atoms with Crippen molar-refractivity contribution in [2.24, 2.45) is 5.92 Å². The van der Waals surface area contributed by atoms with Crippen molar-refractivity contribution in [2.75, 3.05) is 20.2 Å². The van der Waals surface area contributed by atoms with Crippen LogP contribution in [0.3, 0.4) is 0 Å². The summed E-state index contributed by atoms with van der Waals surface area (Å²) in [6, 6.07) is 16.7. The van der Waals surface area contributed by atoms with Crippen molar-refractivity contribution in [3.8, 4) is 5.75 Å². The molecule has 1 fully saturated rings. The third-order valence-corrected chi connectivity index (χ3v) is 5.65. The molecule has 0 spiro atoms. The number of rotatable bonds is 6. The Bertz CT molecular complexity index is 793. The maximum Gasteiger partial charge on any atom is 0.224 e. The lowest BCUT2D eigenvalue weighted by atomic mass is 9.90. The Morgan fingerprint density at radius 1 is 1.07 bits per heavy atom. The van der Waals surface area contributed by atoms with Gasteiger partial charge in [-0.15, -0.1) is 0 Å². The van der Waals surface area contributed by atoms with Crippen molar-refractivity contribution >= 4 is 0 Å². The highest BCUT2D eigenvalue weighted by Crippen LogP contribution is 2.23. The molecule has 0 bridgehead atoms. The zero-order chi connectivity index (χ0) is 19.2. The summed E-state index contributed by atoms with van der Waals surface area (Å²) in [6.45, 7) is 7.08. The fourth-order valence-corrected chi connectivity index (χ4v) is 3.87. The second kappa shape index (κ2) is 9.18. The summed E-state index contributed by atoms with van der Waals surface area (Å²) in [5.41, 5.74) is 3.42. The third-order valence-electron chi connectivity index (χ3n) is 5.65. The first kappa shape index (κ1) is 19.6. The maximum atomic E-state index is 12.8. The quantitative estimate of drug-likeness (QED) is 0.747. The van der Waals surface area contributed by atoms with E-state index in [2.05, 4.69) is 55.1 Å². The van der Waals surface area contributed by atoms with Crippen molar-refractivity contribution in [1.82, 2.24) is 4.90 Å². The molecule has 27 heavy (non-hydrogen) atoms. The van der Waals surface area contributed by atoms with E-state index in [9.17, 15) is 4.79 Å². The van der Waals surface area contributed by atoms with Crippen LogP contribution in [0, 0.1) is 5.92 Å². The number of ether oxygens (including phenoxy) is 1. The van der Waals surface area contributed by atoms with Gasteiger partial charge in [0, 0.05) is 12.1 Å². The van der Waals surface area contributed by atoms with E-state index >= 15 is 0 Å². The van der Waals surface area contributed by atoms with Crippen molar-refractivity contribution < 1.29 is 4.74 Å². The van der Waals surface area contributed by atoms with Crippen LogP contribution < -0.4 is 10.2 Å². The van der Waals surface area contributed by atoms with Crippen LogP contribution >= 0.6 is 0 Å². The fourth-order valence-electron chi connectivity index (χ4n) is 3.87. The molecule has 3 rings (SSSR count). The molecule has 1 saturated heterocycles. The SMILES string of the molecule is COc1cc(C(C)C)ccc(CN2CCC(Cc3ccccc3)CC2)c1=O. The van der Waals surface area contributed by atoms with Gasteiger partial charge in [-0.3, -0.25) is 9.69 Å². The number of piperidine rings is 1. The van der Waals surface area contributed by atoms with Gasteiger partial charge in [0.25, 0.3) is 0 Å². The summed E-state index contributed by atoms with van der Waals surface area (Å²) in [7, 11) is 1.58. The van der Waals surface area contributed by atoms with E-state index in [4.69, 9.17) is 4.74 Å². The van der Waals surface area contributed by atoms with E-state index in [-0.39, 0.29) is 5.43 Å². The summed E-state index contributed by atoms with van der Waals surface area (Å²) >= 11 is 0. The molecule has 0 amide bonds. The largest absolute Gasteiger partial charge is 0.493 e. The monoisotopic (exact) mass is 365 g/mol. The second-order valence-electron chi connectivity index (χ2n) is 7.96. The van der Waals surface area contributed by atoms with Gasteiger partial charge in [0.05, 0.1) is 7.11 Å². The Balaban J connectivity index is 1.65. The molecular formula is C24H31NO2. The van der Waals surface area contributed by atoms with Crippen molar-refractivity contribution in [2.45, 2.75) is 45.6 Å². The van der Waals surface area contributed by atoms with Crippen LogP contribution in [0.4, 0.5) is 0 Å². The first-order valence-electron chi connectivity index (χ1n) is 10.0. The van der Waals surface area contributed by atoms with Crippen LogP contribution in [0.15, 0.2) is 53.3 Å². The Labute approximate surface area is 163 Å². The number of hydrogen-bond acceptors (Lipinski definition) is 3. The summed E-state index contributed by atoms with van der Waals surface area (Å²) in [6.07, 6.45) is 3.54. The predicted octanol–water partition coefficient (Wildman–Crippen LogP) is 4.63. The fraction of sp³-hybridized carbons (Fsp3) is 0.458. The Morgan fingerprint density at radius 2 is 1.78 bits per heavy atom. The lowest BCUT2D eigenvalue weighted by molar-refractivity contribution is 0.176. The number of benzene rings is 1. The Kier molecular flexibility index (Phi) is 6.68. The molecule has 0 aromatic heterocycles. The van der Waals surface area contributed by atoms with Gasteiger partial charge in [0.15, 0.2) is 5.75 Å². The van der Waals surface area contributed by atoms with Crippen molar-refractivity contribution in [3.63, 3.8) is 0 Å². The van der Waals surface area contributed by atoms with Crippen LogP contribution in [-0.2, 0) is 13.0 Å². The molecule has 0 atom stereocenters. The minimum atomic E-state index is 0.0239. The molecule has 2 aromatic rings. The zero-order valence-electron chi connectivity index (χ0n) is 16.8. The van der Waals surface area contributed by atoms with Crippen LogP contribution in [0.1, 0.15) is 49.3 Å². The minimum Gasteiger partial charge on any atom is -0.493 e. The van der Waals surface area contributed by atoms with Gasteiger partial charge >= 0.3 is 0 Å². The molecular weight excluding hydrogens is 334 g/mol. The third kappa shape index (κ3) is 5.20. The molecule has 0 aliphatic carbocycles. The number of methoxy groups -OCH3 is 1. The van der Waals surface area contributed by atoms with E-state index in [0.717, 1.165) is 36.6 Å². The van der Waals surface area contributed by atoms with E-state index in [1.165, 1.54) is 18.4 Å². The molecule has 0 saturated carbocycles. The average Bonchev–Trinajstić information content (AvgIpc) is 2.83. The minimum absolute atomic E-state index is 0.0239. The highest BCUT2D eigenvalue weighted by Gasteiger charge is 2.20. The van der Waals surface area contributed by atoms with Gasteiger partial charge < -0.3 is 4.74 Å². The average molecular weight is 366 g/mol. The molecule has 3 heteroatoms. The zero-order valence-corrected chi connectivity index (χ0v) is 16.8. The number of nitrogens with zero attached hydrogens (tertiary/aromatic N) is 1. The van der Waals surface area contributed by atoms with Crippen LogP contribution in [-0.4, -0.2) is 25.1 Å². The smallest absolute Gasteiger partial charge is 0.224 e. The Hall–Kier alpha value is -2.13. The molecule has 144 valence electrons. The van der Waals surface area contributed by atoms with Crippen LogP contribution in [0.25, 0.3) is 0 Å². The number of likely N-dealkylation sites (tertiary alicyclic amines) is 1. The van der Waals surface area contributed by atoms with Gasteiger partial charge in [-0.1, -0.05) is 56.3 Å². The predicted molar refractivity (Wildman–Crippen MR) is 112 cm³/mol. The van der Waals surface area contributed by atoms with Crippen molar-refractivity contribution in [3.05, 3.63) is 75.4 Å². The summed E-state index contributed by atoms with van der Waals surface area (Å²) in [5.74, 6) is 1.56. The van der Waals surface area contributed by atoms with E-state index in [1.54, 1.807) is 7.11 Å². The van der Waals surface area contributed by atoms with E-state index in [1.807, 2.05) is 12.1 Å². The molecule has 1 aliphatic heterocycles. The van der Waals surface area contributed by atoms with E-state index in [0.29, 0.717) is 18.2 Å². The standard InChI is InChI=1S/C24H31NO2/c1-18(2)21-9-10-22(24(26)23(16-21)27-3)17-25-13-11-20(12-14-25)15-19-7-5-4-6-8-19/h4-10,16,18,20H,11-15,17H2,1-3H3. The molecule has 3 nitrogen and oxygen atoms in total. The van der Waals surface area contributed by atoms with E-state index < -0.39 is 0 Å². The first-order valence-corrected chi connectivity index (χ1v) is 10.0. The van der Waals surface area contributed by atoms with Gasteiger partial charge in [-0.25, -0.2) is 0 Å². The molecule has 0 N–H and O–H groups in total.